The monoisotopic (exact) mass is 898 g/mol. The molecule has 0 saturated heterocycles. The molecule has 0 aromatic heterocycles. The van der Waals surface area contributed by atoms with Gasteiger partial charge < -0.3 is 0 Å². The van der Waals surface area contributed by atoms with Crippen molar-refractivity contribution in [1.82, 2.24) is 0 Å². The first-order valence-corrected chi connectivity index (χ1v) is 29.0. The molecule has 306 valence electrons. The van der Waals surface area contributed by atoms with E-state index in [1.54, 1.807) is 7.11 Å². The van der Waals surface area contributed by atoms with Gasteiger partial charge in [-0.2, -0.15) is 0 Å². The molecule has 0 aliphatic carbocycles. The topological polar surface area (TPSA) is 27.7 Å². The minimum atomic E-state index is -3.01. The average molecular weight is 899 g/mol. The van der Waals surface area contributed by atoms with E-state index in [0.717, 1.165) is 19.0 Å². The average Bonchev–Trinajstić information content (AvgIpc) is 3.16. The van der Waals surface area contributed by atoms with Crippen molar-refractivity contribution >= 4 is 50.5 Å². The van der Waals surface area contributed by atoms with Crippen LogP contribution in [0.4, 0.5) is 0 Å². The van der Waals surface area contributed by atoms with E-state index in [9.17, 15) is 0 Å². The normalized spacial score (nSPS) is 18.5. The van der Waals surface area contributed by atoms with Crippen molar-refractivity contribution in [2.24, 2.45) is 35.5 Å². The fraction of sp³-hybridized carbons (Fsp3) is 0.551. The first kappa shape index (κ1) is 47.8. The summed E-state index contributed by atoms with van der Waals surface area (Å²) in [7, 11) is -0.282. The molecule has 0 saturated carbocycles. The molecule has 0 bridgehead atoms. The van der Waals surface area contributed by atoms with Crippen molar-refractivity contribution < 1.29 is 13.9 Å². The molecule has 0 radical (unpaired) electrons. The molecule has 3 rings (SSSR count). The van der Waals surface area contributed by atoms with Crippen LogP contribution in [0.3, 0.4) is 0 Å². The number of rotatable bonds is 21. The standard InChI is InChI=1S/C49H76IO3PSi/c1-15-16-26-38(3)42(7)43(8)48(53-55(13,14)49(9,10)11)40(5)34-37(2)33-39(4)47(52-36-51-12)41(6)35-54(50,44-27-20-17-21-28-44,45-29-22-18-23-30-45)46-31-24-19-25-32-46/h16-33,38-43,47-48H,15,34-36H2,1-14H3/b26-16-,37-33-/t38?,39-,40-,41?,42-,43+,47+,48+/m0/s1. The van der Waals surface area contributed by atoms with E-state index in [0.29, 0.717) is 23.7 Å². The van der Waals surface area contributed by atoms with Crippen LogP contribution >= 0.6 is 26.3 Å². The summed E-state index contributed by atoms with van der Waals surface area (Å²) in [4.78, 5) is 0. The molecule has 0 heterocycles. The van der Waals surface area contributed by atoms with Crippen molar-refractivity contribution in [1.29, 1.82) is 0 Å². The van der Waals surface area contributed by atoms with Crippen LogP contribution in [-0.4, -0.2) is 40.6 Å². The molecule has 0 aliphatic rings. The predicted molar refractivity (Wildman–Crippen MR) is 256 cm³/mol. The molecule has 3 aromatic rings. The summed E-state index contributed by atoms with van der Waals surface area (Å²) < 4.78 is 16.7. The molecule has 0 spiro atoms. The number of allylic oxidation sites excluding steroid dienone is 3. The molecule has 2 unspecified atom stereocenters. The van der Waals surface area contributed by atoms with E-state index in [1.165, 1.54) is 21.5 Å². The van der Waals surface area contributed by atoms with Gasteiger partial charge in [0, 0.05) is 0 Å². The first-order valence-electron chi connectivity index (χ1n) is 20.8. The molecule has 55 heavy (non-hydrogen) atoms. The molecule has 0 fully saturated rings. The fourth-order valence-electron chi connectivity index (χ4n) is 8.40. The van der Waals surface area contributed by atoms with Crippen molar-refractivity contribution in [3.63, 3.8) is 0 Å². The van der Waals surface area contributed by atoms with Gasteiger partial charge in [-0.3, -0.25) is 0 Å². The summed E-state index contributed by atoms with van der Waals surface area (Å²) in [5.74, 6) is 2.22. The molecule has 3 aromatic carbocycles. The van der Waals surface area contributed by atoms with Crippen molar-refractivity contribution in [2.45, 2.75) is 119 Å². The summed E-state index contributed by atoms with van der Waals surface area (Å²) in [5.41, 5.74) is 1.40. The first-order chi connectivity index (χ1) is 25.8. The summed E-state index contributed by atoms with van der Waals surface area (Å²) in [6.07, 6.45) is 10.4. The predicted octanol–water partition coefficient (Wildman–Crippen LogP) is 13.4. The Labute approximate surface area is 352 Å². The van der Waals surface area contributed by atoms with Crippen LogP contribution in [0, 0.1) is 35.5 Å². The number of hydrogen-bond acceptors (Lipinski definition) is 3. The van der Waals surface area contributed by atoms with Crippen LogP contribution < -0.4 is 15.9 Å². The fourth-order valence-corrected chi connectivity index (χ4v) is 19.8. The van der Waals surface area contributed by atoms with Gasteiger partial charge in [0.2, 0.25) is 0 Å². The molecule has 6 heteroatoms. The summed E-state index contributed by atoms with van der Waals surface area (Å²) in [5, 5.41) is 4.34. The SMILES string of the molecule is CC/C=C\C(C)[C@H](C)[C@@H](C)[C@H](O[Si](C)(C)C(C)(C)C)[C@@H](C)C/C(C)=C\[C@H](C)[C@@H](OCOC)C(C)CP(I)(c1ccccc1)(c1ccccc1)c1ccccc1. The second kappa shape index (κ2) is 20.9. The van der Waals surface area contributed by atoms with E-state index >= 15 is 0 Å². The van der Waals surface area contributed by atoms with E-state index in [1.807, 2.05) is 0 Å². The van der Waals surface area contributed by atoms with Crippen molar-refractivity contribution in [3.8, 4) is 0 Å². The van der Waals surface area contributed by atoms with E-state index in [-0.39, 0.29) is 35.9 Å². The number of ether oxygens (including phenoxy) is 2. The Morgan fingerprint density at radius 1 is 0.727 bits per heavy atom. The van der Waals surface area contributed by atoms with E-state index in [2.05, 4.69) is 221 Å². The molecule has 0 aliphatic heterocycles. The third kappa shape index (κ3) is 11.8. The summed E-state index contributed by atoms with van der Waals surface area (Å²) in [6, 6.07) is 33.7. The third-order valence-corrected chi connectivity index (χ3v) is 28.9. The van der Waals surface area contributed by atoms with Gasteiger partial charge >= 0.3 is 301 Å². The molecule has 8 atom stereocenters. The van der Waals surface area contributed by atoms with Crippen LogP contribution in [0.5, 0.6) is 0 Å². The Morgan fingerprint density at radius 2 is 1.20 bits per heavy atom. The minimum absolute atomic E-state index is 0.0398. The number of methoxy groups -OCH3 is 1. The van der Waals surface area contributed by atoms with E-state index < -0.39 is 12.6 Å². The zero-order chi connectivity index (χ0) is 41.1. The van der Waals surface area contributed by atoms with Crippen molar-refractivity contribution in [3.05, 3.63) is 115 Å². The Bertz CT molecular complexity index is 1520. The zero-order valence-electron chi connectivity index (χ0n) is 36.9. The summed E-state index contributed by atoms with van der Waals surface area (Å²) >= 11 is 2.92. The van der Waals surface area contributed by atoms with Crippen LogP contribution in [0.25, 0.3) is 0 Å². The Hall–Kier alpha value is -1.60. The Kier molecular flexibility index (Phi) is 18.1. The molecule has 0 N–H and O–H groups in total. The second-order valence-electron chi connectivity index (χ2n) is 18.2. The molecular formula is C49H76IO3PSi. The molecule has 0 amide bonds. The van der Waals surface area contributed by atoms with Gasteiger partial charge in [-0.1, -0.05) is 46.8 Å². The van der Waals surface area contributed by atoms with E-state index in [4.69, 9.17) is 13.9 Å². The van der Waals surface area contributed by atoms with Gasteiger partial charge in [0.05, 0.1) is 0 Å². The third-order valence-electron chi connectivity index (χ3n) is 12.8. The maximum absolute atomic E-state index is 7.39. The number of hydrogen-bond donors (Lipinski definition) is 0. The zero-order valence-corrected chi connectivity index (χ0v) is 40.9. The van der Waals surface area contributed by atoms with Gasteiger partial charge in [0.25, 0.3) is 0 Å². The molecule has 3 nitrogen and oxygen atoms in total. The van der Waals surface area contributed by atoms with Crippen LogP contribution in [0.1, 0.15) is 89.0 Å². The summed E-state index contributed by atoms with van der Waals surface area (Å²) in [6.45, 7) is 31.1. The van der Waals surface area contributed by atoms with Gasteiger partial charge in [0.15, 0.2) is 0 Å². The van der Waals surface area contributed by atoms with Gasteiger partial charge in [-0.25, -0.2) is 0 Å². The van der Waals surface area contributed by atoms with Gasteiger partial charge in [-0.15, -0.1) is 0 Å². The Balaban J connectivity index is 2.04. The van der Waals surface area contributed by atoms with Crippen molar-refractivity contribution in [2.75, 3.05) is 20.1 Å². The second-order valence-corrected chi connectivity index (χ2v) is 33.6. The quantitative estimate of drug-likeness (QED) is 0.0351. The maximum atomic E-state index is 7.39. The number of halogens is 1. The van der Waals surface area contributed by atoms with Crippen LogP contribution in [0.15, 0.2) is 115 Å². The van der Waals surface area contributed by atoms with Gasteiger partial charge in [0.1, 0.15) is 0 Å². The number of benzene rings is 3. The van der Waals surface area contributed by atoms with Gasteiger partial charge in [-0.05, 0) is 6.42 Å². The Morgan fingerprint density at radius 3 is 1.62 bits per heavy atom. The molecular weight excluding hydrogens is 822 g/mol. The van der Waals surface area contributed by atoms with Crippen LogP contribution in [0.2, 0.25) is 18.1 Å². The van der Waals surface area contributed by atoms with Crippen LogP contribution in [-0.2, 0) is 13.9 Å².